The molecule has 0 radical (unpaired) electrons. The zero-order valence-electron chi connectivity index (χ0n) is 11.5. The molecule has 0 bridgehead atoms. The monoisotopic (exact) mass is 320 g/mol. The number of amides is 1. The van der Waals surface area contributed by atoms with Crippen LogP contribution in [0.25, 0.3) is 0 Å². The molecule has 20 heavy (non-hydrogen) atoms. The molecular weight excluding hydrogens is 299 g/mol. The number of hydrogen-bond acceptors (Lipinski definition) is 4. The molecule has 3 N–H and O–H groups in total. The highest BCUT2D eigenvalue weighted by Crippen LogP contribution is 2.13. The van der Waals surface area contributed by atoms with Crippen molar-refractivity contribution in [2.45, 2.75) is 25.3 Å². The van der Waals surface area contributed by atoms with Gasteiger partial charge in [-0.05, 0) is 38.6 Å². The maximum atomic E-state index is 11.8. The number of pyridine rings is 1. The van der Waals surface area contributed by atoms with Crippen molar-refractivity contribution < 1.29 is 4.79 Å². The van der Waals surface area contributed by atoms with Gasteiger partial charge in [-0.1, -0.05) is 0 Å². The van der Waals surface area contributed by atoms with E-state index < -0.39 is 0 Å². The number of hydrogen-bond donors (Lipinski definition) is 2. The Bertz CT molecular complexity index is 413. The van der Waals surface area contributed by atoms with Gasteiger partial charge in [0.1, 0.15) is 0 Å². The van der Waals surface area contributed by atoms with Gasteiger partial charge in [0.15, 0.2) is 0 Å². The van der Waals surface area contributed by atoms with Gasteiger partial charge in [0.2, 0.25) is 5.91 Å². The SMILES string of the molecule is CN1CCCC1CNC(=O)Cc1ccc(N)cn1.Cl.Cl. The van der Waals surface area contributed by atoms with Crippen molar-refractivity contribution in [1.29, 1.82) is 0 Å². The number of likely N-dealkylation sites (N-methyl/N-ethyl adjacent to an activating group) is 1. The predicted molar refractivity (Wildman–Crippen MR) is 85.5 cm³/mol. The zero-order valence-corrected chi connectivity index (χ0v) is 13.2. The molecule has 1 fully saturated rings. The summed E-state index contributed by atoms with van der Waals surface area (Å²) in [5.41, 5.74) is 6.91. The van der Waals surface area contributed by atoms with Crippen molar-refractivity contribution in [3.05, 3.63) is 24.0 Å². The van der Waals surface area contributed by atoms with Gasteiger partial charge in [-0.2, -0.15) is 0 Å². The summed E-state index contributed by atoms with van der Waals surface area (Å²) in [5.74, 6) is 0.0209. The number of nitrogens with zero attached hydrogens (tertiary/aromatic N) is 2. The molecule has 1 saturated heterocycles. The molecule has 114 valence electrons. The summed E-state index contributed by atoms with van der Waals surface area (Å²) in [4.78, 5) is 18.2. The van der Waals surface area contributed by atoms with Crippen molar-refractivity contribution in [1.82, 2.24) is 15.2 Å². The average molecular weight is 321 g/mol. The number of likely N-dealkylation sites (tertiary alicyclic amines) is 1. The summed E-state index contributed by atoms with van der Waals surface area (Å²) < 4.78 is 0. The van der Waals surface area contributed by atoms with E-state index in [0.29, 0.717) is 18.2 Å². The van der Waals surface area contributed by atoms with Crippen LogP contribution in [-0.4, -0.2) is 42.0 Å². The third kappa shape index (κ3) is 5.53. The lowest BCUT2D eigenvalue weighted by molar-refractivity contribution is -0.120. The standard InChI is InChI=1S/C13H20N4O.2ClH/c1-17-6-2-3-12(17)9-16-13(18)7-11-5-4-10(14)8-15-11;;/h4-5,8,12H,2-3,6-7,9,14H2,1H3,(H,16,18);2*1H. The van der Waals surface area contributed by atoms with Gasteiger partial charge in [0, 0.05) is 18.3 Å². The highest BCUT2D eigenvalue weighted by atomic mass is 35.5. The van der Waals surface area contributed by atoms with E-state index in [9.17, 15) is 4.79 Å². The Morgan fingerprint density at radius 1 is 1.50 bits per heavy atom. The average Bonchev–Trinajstić information content (AvgIpc) is 2.75. The lowest BCUT2D eigenvalue weighted by atomic mass is 10.2. The quantitative estimate of drug-likeness (QED) is 0.876. The van der Waals surface area contributed by atoms with Gasteiger partial charge >= 0.3 is 0 Å². The molecule has 5 nitrogen and oxygen atoms in total. The summed E-state index contributed by atoms with van der Waals surface area (Å²) in [6.45, 7) is 1.85. The van der Waals surface area contributed by atoms with Gasteiger partial charge < -0.3 is 16.0 Å². The third-order valence-electron chi connectivity index (χ3n) is 3.40. The summed E-state index contributed by atoms with van der Waals surface area (Å²) in [7, 11) is 2.10. The number of carbonyl (C=O) groups excluding carboxylic acids is 1. The van der Waals surface area contributed by atoms with Crippen molar-refractivity contribution in [3.8, 4) is 0 Å². The normalized spacial score (nSPS) is 17.9. The van der Waals surface area contributed by atoms with Crippen molar-refractivity contribution in [3.63, 3.8) is 0 Å². The maximum absolute atomic E-state index is 11.8. The molecule has 0 aromatic carbocycles. The van der Waals surface area contributed by atoms with Crippen LogP contribution in [0, 0.1) is 0 Å². The Morgan fingerprint density at radius 2 is 2.25 bits per heavy atom. The second-order valence-corrected chi connectivity index (χ2v) is 4.84. The summed E-state index contributed by atoms with van der Waals surface area (Å²) >= 11 is 0. The minimum atomic E-state index is 0. The molecule has 1 amide bonds. The first-order chi connectivity index (χ1) is 8.65. The van der Waals surface area contributed by atoms with Gasteiger partial charge in [-0.15, -0.1) is 24.8 Å². The fourth-order valence-corrected chi connectivity index (χ4v) is 2.24. The number of rotatable bonds is 4. The van der Waals surface area contributed by atoms with Gasteiger partial charge in [0.05, 0.1) is 18.3 Å². The molecule has 0 spiro atoms. The number of nitrogens with two attached hydrogens (primary N) is 1. The van der Waals surface area contributed by atoms with Crippen molar-refractivity contribution in [2.75, 3.05) is 25.9 Å². The molecule has 0 aliphatic carbocycles. The van der Waals surface area contributed by atoms with E-state index in [1.807, 2.05) is 0 Å². The molecule has 1 atom stereocenters. The van der Waals surface area contributed by atoms with Crippen LogP contribution in [-0.2, 0) is 11.2 Å². The van der Waals surface area contributed by atoms with Gasteiger partial charge in [-0.3, -0.25) is 9.78 Å². The van der Waals surface area contributed by atoms with Crippen LogP contribution in [0.2, 0.25) is 0 Å². The first kappa shape index (κ1) is 19.0. The van der Waals surface area contributed by atoms with Crippen LogP contribution < -0.4 is 11.1 Å². The highest BCUT2D eigenvalue weighted by molar-refractivity contribution is 5.85. The lowest BCUT2D eigenvalue weighted by Crippen LogP contribution is -2.38. The number of nitrogen functional groups attached to an aromatic ring is 1. The molecule has 1 aromatic heterocycles. The highest BCUT2D eigenvalue weighted by Gasteiger charge is 2.20. The number of aromatic nitrogens is 1. The molecule has 0 saturated carbocycles. The Balaban J connectivity index is 0.00000180. The smallest absolute Gasteiger partial charge is 0.226 e. The molecule has 7 heteroatoms. The first-order valence-electron chi connectivity index (χ1n) is 6.32. The van der Waals surface area contributed by atoms with Crippen LogP contribution in [0.1, 0.15) is 18.5 Å². The second-order valence-electron chi connectivity index (χ2n) is 4.84. The van der Waals surface area contributed by atoms with Crippen LogP contribution in [0.3, 0.4) is 0 Å². The van der Waals surface area contributed by atoms with Gasteiger partial charge in [0.25, 0.3) is 0 Å². The molecule has 1 unspecified atom stereocenters. The molecule has 1 aliphatic rings. The molecule has 2 rings (SSSR count). The minimum absolute atomic E-state index is 0. The van der Waals surface area contributed by atoms with E-state index in [0.717, 1.165) is 25.2 Å². The molecule has 1 aromatic rings. The summed E-state index contributed by atoms with van der Waals surface area (Å²) in [6.07, 6.45) is 4.28. The van der Waals surface area contributed by atoms with E-state index in [1.165, 1.54) is 6.42 Å². The maximum Gasteiger partial charge on any atom is 0.226 e. The topological polar surface area (TPSA) is 71.2 Å². The van der Waals surface area contributed by atoms with Crippen molar-refractivity contribution >= 4 is 36.4 Å². The Labute approximate surface area is 132 Å². The fourth-order valence-electron chi connectivity index (χ4n) is 2.24. The van der Waals surface area contributed by atoms with E-state index in [2.05, 4.69) is 22.2 Å². The third-order valence-corrected chi connectivity index (χ3v) is 3.40. The van der Waals surface area contributed by atoms with Crippen LogP contribution in [0.5, 0.6) is 0 Å². The van der Waals surface area contributed by atoms with Gasteiger partial charge in [-0.25, -0.2) is 0 Å². The minimum Gasteiger partial charge on any atom is -0.397 e. The van der Waals surface area contributed by atoms with Crippen LogP contribution in [0.15, 0.2) is 18.3 Å². The van der Waals surface area contributed by atoms with E-state index in [-0.39, 0.29) is 30.7 Å². The number of nitrogens with one attached hydrogen (secondary N) is 1. The Kier molecular flexibility index (Phi) is 8.53. The molecule has 1 aliphatic heterocycles. The van der Waals surface area contributed by atoms with Crippen LogP contribution >= 0.6 is 24.8 Å². The lowest BCUT2D eigenvalue weighted by Gasteiger charge is -2.19. The van der Waals surface area contributed by atoms with E-state index in [4.69, 9.17) is 5.73 Å². The summed E-state index contributed by atoms with van der Waals surface area (Å²) in [6, 6.07) is 4.03. The molecule has 2 heterocycles. The Hall–Kier alpha value is -1.04. The second kappa shape index (κ2) is 9.00. The number of carbonyl (C=O) groups is 1. The van der Waals surface area contributed by atoms with E-state index in [1.54, 1.807) is 18.3 Å². The predicted octanol–water partition coefficient (Wildman–Crippen LogP) is 1.26. The van der Waals surface area contributed by atoms with E-state index >= 15 is 0 Å². The summed E-state index contributed by atoms with van der Waals surface area (Å²) in [5, 5.41) is 2.97. The number of halogens is 2. The zero-order chi connectivity index (χ0) is 13.0. The first-order valence-corrected chi connectivity index (χ1v) is 6.32. The molecular formula is C13H22Cl2N4O. The fraction of sp³-hybridized carbons (Fsp3) is 0.538. The number of anilines is 1. The van der Waals surface area contributed by atoms with Crippen molar-refractivity contribution in [2.24, 2.45) is 0 Å². The largest absolute Gasteiger partial charge is 0.397 e. The Morgan fingerprint density at radius 3 is 2.80 bits per heavy atom. The van der Waals surface area contributed by atoms with Crippen LogP contribution in [0.4, 0.5) is 5.69 Å².